The van der Waals surface area contributed by atoms with Gasteiger partial charge in [-0.3, -0.25) is 16.2 Å². The molecule has 0 aromatic heterocycles. The van der Waals surface area contributed by atoms with Crippen LogP contribution in [-0.4, -0.2) is 29.9 Å². The number of nitrogens with zero attached hydrogens (tertiary/aromatic N) is 2. The summed E-state index contributed by atoms with van der Waals surface area (Å²) in [6.45, 7) is 6.41. The second-order valence-corrected chi connectivity index (χ2v) is 3.02. The molecular weight excluding hydrogens is 151 g/mol. The third-order valence-corrected chi connectivity index (χ3v) is 2.09. The van der Waals surface area contributed by atoms with E-state index in [9.17, 15) is 0 Å². The predicted molar refractivity (Wildman–Crippen MR) is 51.8 cm³/mol. The van der Waals surface area contributed by atoms with Crippen LogP contribution >= 0.6 is 0 Å². The van der Waals surface area contributed by atoms with Crippen LogP contribution in [-0.2, 0) is 0 Å². The maximum Gasteiger partial charge on any atom is 0.368 e. The molecule has 0 aromatic carbocycles. The zero-order valence-corrected chi connectivity index (χ0v) is 7.83. The fraction of sp³-hybridized carbons (Fsp3) is 0.714. The van der Waals surface area contributed by atoms with Gasteiger partial charge in [0.15, 0.2) is 0 Å². The van der Waals surface area contributed by atoms with Crippen molar-refractivity contribution >= 4 is 6.98 Å². The van der Waals surface area contributed by atoms with Gasteiger partial charge in [0.2, 0.25) is 0 Å². The van der Waals surface area contributed by atoms with Crippen LogP contribution in [0.25, 0.3) is 0 Å². The highest BCUT2D eigenvalue weighted by Crippen LogP contribution is 2.01. The van der Waals surface area contributed by atoms with Crippen LogP contribution in [0.15, 0.2) is 12.3 Å². The van der Waals surface area contributed by atoms with E-state index in [-0.39, 0.29) is 6.98 Å². The Kier molecular flexibility index (Phi) is 3.59. The average Bonchev–Trinajstić information content (AvgIpc) is 2.55. The number of nitrogens with two attached hydrogens (primary N) is 1. The molecule has 1 fully saturated rings. The summed E-state index contributed by atoms with van der Waals surface area (Å²) in [7, 11) is 0. The molecule has 1 heterocycles. The molecular formula is C7H17BN4. The summed E-state index contributed by atoms with van der Waals surface area (Å²) < 4.78 is 0. The van der Waals surface area contributed by atoms with Gasteiger partial charge in [0, 0.05) is 13.1 Å². The molecule has 12 heavy (non-hydrogen) atoms. The van der Waals surface area contributed by atoms with Crippen molar-refractivity contribution in [2.45, 2.75) is 20.2 Å². The summed E-state index contributed by atoms with van der Waals surface area (Å²) in [5, 5.41) is 0. The number of allylic oxidation sites excluding steroid dienone is 1. The van der Waals surface area contributed by atoms with Crippen LogP contribution in [0, 0.1) is 0 Å². The van der Waals surface area contributed by atoms with E-state index in [4.69, 9.17) is 5.84 Å². The molecule has 0 aliphatic carbocycles. The van der Waals surface area contributed by atoms with Gasteiger partial charge >= 0.3 is 6.98 Å². The van der Waals surface area contributed by atoms with E-state index >= 15 is 0 Å². The zero-order chi connectivity index (χ0) is 8.97. The number of nitrogens with one attached hydrogen (secondary N) is 1. The normalized spacial score (nSPS) is 18.9. The summed E-state index contributed by atoms with van der Waals surface area (Å²) >= 11 is 0. The highest BCUT2D eigenvalue weighted by molar-refractivity contribution is 6.51. The SMILES string of the molecule is C/C=C\N(N)B(C)N1CCCN1. The van der Waals surface area contributed by atoms with Crippen molar-refractivity contribution in [3.63, 3.8) is 0 Å². The Balaban J connectivity index is 2.39. The first-order chi connectivity index (χ1) is 5.75. The smallest absolute Gasteiger partial charge is 0.343 e. The van der Waals surface area contributed by atoms with Crippen LogP contribution in [0.4, 0.5) is 0 Å². The lowest BCUT2D eigenvalue weighted by molar-refractivity contribution is 0.376. The van der Waals surface area contributed by atoms with E-state index in [0.29, 0.717) is 0 Å². The lowest BCUT2D eigenvalue weighted by Crippen LogP contribution is -2.54. The van der Waals surface area contributed by atoms with Crippen LogP contribution in [0.1, 0.15) is 13.3 Å². The van der Waals surface area contributed by atoms with Gasteiger partial charge in [-0.05, 0) is 26.4 Å². The summed E-state index contributed by atoms with van der Waals surface area (Å²) in [6, 6.07) is 0. The Morgan fingerprint density at radius 2 is 2.42 bits per heavy atom. The van der Waals surface area contributed by atoms with E-state index in [2.05, 4.69) is 17.2 Å². The molecule has 4 nitrogen and oxygen atoms in total. The molecule has 0 radical (unpaired) electrons. The second kappa shape index (κ2) is 4.50. The fourth-order valence-electron chi connectivity index (χ4n) is 1.33. The van der Waals surface area contributed by atoms with Gasteiger partial charge in [-0.2, -0.15) is 0 Å². The standard InChI is InChI=1S/C7H17BN4/c1-3-6-11(9)8(2)12-7-4-5-10-12/h3,6,10H,4-5,7,9H2,1-2H3/b6-3-. The van der Waals surface area contributed by atoms with Crippen molar-refractivity contribution in [2.75, 3.05) is 13.1 Å². The van der Waals surface area contributed by atoms with E-state index in [1.807, 2.05) is 19.2 Å². The van der Waals surface area contributed by atoms with E-state index in [0.717, 1.165) is 13.1 Å². The Bertz CT molecular complexity index is 155. The van der Waals surface area contributed by atoms with Gasteiger partial charge in [-0.25, -0.2) is 0 Å². The first-order valence-electron chi connectivity index (χ1n) is 4.41. The lowest BCUT2D eigenvalue weighted by atomic mass is 9.78. The van der Waals surface area contributed by atoms with Crippen molar-refractivity contribution in [2.24, 2.45) is 5.84 Å². The van der Waals surface area contributed by atoms with Crippen molar-refractivity contribution in [1.29, 1.82) is 0 Å². The van der Waals surface area contributed by atoms with Gasteiger partial charge in [0.05, 0.1) is 0 Å². The van der Waals surface area contributed by atoms with Crippen LogP contribution in [0.2, 0.25) is 6.82 Å². The van der Waals surface area contributed by atoms with Gasteiger partial charge in [-0.15, -0.1) is 0 Å². The largest absolute Gasteiger partial charge is 0.368 e. The van der Waals surface area contributed by atoms with Crippen LogP contribution < -0.4 is 11.3 Å². The third-order valence-electron chi connectivity index (χ3n) is 2.09. The summed E-state index contributed by atoms with van der Waals surface area (Å²) in [5.41, 5.74) is 3.27. The molecule has 1 rings (SSSR count). The van der Waals surface area contributed by atoms with E-state index in [1.54, 1.807) is 4.92 Å². The molecule has 0 unspecified atom stereocenters. The maximum absolute atomic E-state index is 5.77. The first kappa shape index (κ1) is 9.57. The minimum absolute atomic E-state index is 0.226. The average molecular weight is 168 g/mol. The molecule has 0 spiro atoms. The summed E-state index contributed by atoms with van der Waals surface area (Å²) in [6.07, 6.45) is 5.02. The summed E-state index contributed by atoms with van der Waals surface area (Å²) in [5.74, 6) is 5.77. The van der Waals surface area contributed by atoms with Gasteiger partial charge in [0.1, 0.15) is 0 Å². The molecule has 1 aliphatic rings. The minimum Gasteiger partial charge on any atom is -0.343 e. The quantitative estimate of drug-likeness (QED) is 0.354. The summed E-state index contributed by atoms with van der Waals surface area (Å²) in [4.78, 5) is 3.86. The highest BCUT2D eigenvalue weighted by atomic mass is 15.5. The van der Waals surface area contributed by atoms with Crippen molar-refractivity contribution in [1.82, 2.24) is 15.3 Å². The molecule has 0 bridgehead atoms. The van der Waals surface area contributed by atoms with Crippen molar-refractivity contribution in [3.8, 4) is 0 Å². The molecule has 0 atom stereocenters. The monoisotopic (exact) mass is 168 g/mol. The molecule has 5 heteroatoms. The second-order valence-electron chi connectivity index (χ2n) is 3.02. The fourth-order valence-corrected chi connectivity index (χ4v) is 1.33. The third kappa shape index (κ3) is 2.23. The van der Waals surface area contributed by atoms with Crippen molar-refractivity contribution in [3.05, 3.63) is 12.3 Å². The highest BCUT2D eigenvalue weighted by Gasteiger charge is 2.24. The van der Waals surface area contributed by atoms with Gasteiger partial charge in [0.25, 0.3) is 0 Å². The molecule has 0 aromatic rings. The molecule has 68 valence electrons. The van der Waals surface area contributed by atoms with E-state index in [1.165, 1.54) is 6.42 Å². The van der Waals surface area contributed by atoms with Gasteiger partial charge in [-0.1, -0.05) is 6.08 Å². The Hall–Kier alpha value is -0.515. The number of hydrogen-bond acceptors (Lipinski definition) is 4. The van der Waals surface area contributed by atoms with Crippen molar-refractivity contribution < 1.29 is 0 Å². The van der Waals surface area contributed by atoms with Crippen LogP contribution in [0.5, 0.6) is 0 Å². The Morgan fingerprint density at radius 1 is 1.67 bits per heavy atom. The number of hydrogen-bond donors (Lipinski definition) is 2. The molecule has 3 N–H and O–H groups in total. The van der Waals surface area contributed by atoms with Gasteiger partial charge < -0.3 is 4.92 Å². The zero-order valence-electron chi connectivity index (χ0n) is 7.83. The topological polar surface area (TPSA) is 44.5 Å². The Labute approximate surface area is 74.5 Å². The molecule has 0 saturated carbocycles. The number of hydrazine groups is 2. The predicted octanol–water partition coefficient (Wildman–Crippen LogP) is 0.0240. The lowest BCUT2D eigenvalue weighted by Gasteiger charge is -2.27. The first-order valence-corrected chi connectivity index (χ1v) is 4.41. The minimum atomic E-state index is 0.226. The van der Waals surface area contributed by atoms with E-state index < -0.39 is 0 Å². The number of rotatable bonds is 3. The molecule has 1 aliphatic heterocycles. The molecule has 0 amide bonds. The van der Waals surface area contributed by atoms with Crippen LogP contribution in [0.3, 0.4) is 0 Å². The maximum atomic E-state index is 5.77. The molecule has 1 saturated heterocycles. The Morgan fingerprint density at radius 3 is 2.92 bits per heavy atom.